The summed E-state index contributed by atoms with van der Waals surface area (Å²) in [5.74, 6) is 0. The van der Waals surface area contributed by atoms with E-state index in [4.69, 9.17) is 5.26 Å². The van der Waals surface area contributed by atoms with Crippen LogP contribution in [0.1, 0.15) is 30.7 Å². The second-order valence-corrected chi connectivity index (χ2v) is 2.65. The molecule has 0 aliphatic heterocycles. The second-order valence-electron chi connectivity index (χ2n) is 2.65. The molecule has 1 rings (SSSR count). The highest BCUT2D eigenvalue weighted by molar-refractivity contribution is 5.36. The van der Waals surface area contributed by atoms with Crippen LogP contribution in [-0.4, -0.2) is 4.98 Å². The Morgan fingerprint density at radius 2 is 2.17 bits per heavy atom. The predicted octanol–water partition coefficient (Wildman–Crippen LogP) is 2.08. The molecule has 0 spiro atoms. The van der Waals surface area contributed by atoms with Gasteiger partial charge in [-0.3, -0.25) is 4.98 Å². The van der Waals surface area contributed by atoms with Crippen LogP contribution in [0.2, 0.25) is 0 Å². The molecule has 2 heteroatoms. The highest BCUT2D eigenvalue weighted by Crippen LogP contribution is 2.09. The molecule has 0 atom stereocenters. The van der Waals surface area contributed by atoms with Gasteiger partial charge in [-0.25, -0.2) is 0 Å². The molecule has 0 amide bonds. The van der Waals surface area contributed by atoms with Gasteiger partial charge in [-0.05, 0) is 24.5 Å². The lowest BCUT2D eigenvalue weighted by Gasteiger charge is -2.01. The van der Waals surface area contributed by atoms with Crippen molar-refractivity contribution in [2.24, 2.45) is 0 Å². The summed E-state index contributed by atoms with van der Waals surface area (Å²) < 4.78 is 0. The molecular formula is C10H12N2. The number of nitrogens with zero attached hydrogens (tertiary/aromatic N) is 2. The zero-order valence-corrected chi connectivity index (χ0v) is 7.46. The van der Waals surface area contributed by atoms with Gasteiger partial charge in [0.25, 0.3) is 0 Å². The van der Waals surface area contributed by atoms with Crippen molar-refractivity contribution in [2.45, 2.75) is 26.7 Å². The van der Waals surface area contributed by atoms with Gasteiger partial charge in [-0.1, -0.05) is 13.8 Å². The van der Waals surface area contributed by atoms with Gasteiger partial charge >= 0.3 is 0 Å². The minimum Gasteiger partial charge on any atom is -0.260 e. The standard InChI is InChI=1S/C10H12N2/c1-3-8-5-10(4-2)12-7-9(8)6-11/h5,7H,3-4H2,1-2H3. The lowest BCUT2D eigenvalue weighted by Crippen LogP contribution is -1.94. The van der Waals surface area contributed by atoms with E-state index >= 15 is 0 Å². The molecule has 0 saturated carbocycles. The average Bonchev–Trinajstić information content (AvgIpc) is 2.16. The monoisotopic (exact) mass is 160 g/mol. The minimum atomic E-state index is 0.703. The summed E-state index contributed by atoms with van der Waals surface area (Å²) in [6, 6.07) is 4.15. The van der Waals surface area contributed by atoms with Crippen molar-refractivity contribution in [1.29, 1.82) is 5.26 Å². The second kappa shape index (κ2) is 3.87. The molecule has 0 aliphatic rings. The fourth-order valence-corrected chi connectivity index (χ4v) is 1.13. The normalized spacial score (nSPS) is 9.42. The van der Waals surface area contributed by atoms with Crippen LogP contribution in [0, 0.1) is 11.3 Å². The summed E-state index contributed by atoms with van der Waals surface area (Å²) >= 11 is 0. The Morgan fingerprint density at radius 1 is 1.42 bits per heavy atom. The topological polar surface area (TPSA) is 36.7 Å². The summed E-state index contributed by atoms with van der Waals surface area (Å²) in [5, 5.41) is 8.72. The highest BCUT2D eigenvalue weighted by Gasteiger charge is 2.00. The summed E-state index contributed by atoms with van der Waals surface area (Å²) in [7, 11) is 0. The lowest BCUT2D eigenvalue weighted by atomic mass is 10.1. The Balaban J connectivity index is 3.13. The third-order valence-corrected chi connectivity index (χ3v) is 1.91. The molecule has 1 aromatic rings. The zero-order chi connectivity index (χ0) is 8.97. The highest BCUT2D eigenvalue weighted by atomic mass is 14.7. The predicted molar refractivity (Wildman–Crippen MR) is 47.7 cm³/mol. The van der Waals surface area contributed by atoms with Crippen molar-refractivity contribution in [3.8, 4) is 6.07 Å². The third kappa shape index (κ3) is 1.62. The molecular weight excluding hydrogens is 148 g/mol. The Bertz CT molecular complexity index is 310. The lowest BCUT2D eigenvalue weighted by molar-refractivity contribution is 0.999. The maximum atomic E-state index is 8.72. The van der Waals surface area contributed by atoms with E-state index in [1.807, 2.05) is 6.07 Å². The summed E-state index contributed by atoms with van der Waals surface area (Å²) in [4.78, 5) is 4.15. The minimum absolute atomic E-state index is 0.703. The smallest absolute Gasteiger partial charge is 0.101 e. The van der Waals surface area contributed by atoms with E-state index < -0.39 is 0 Å². The number of hydrogen-bond acceptors (Lipinski definition) is 2. The average molecular weight is 160 g/mol. The fourth-order valence-electron chi connectivity index (χ4n) is 1.13. The van der Waals surface area contributed by atoms with Crippen LogP contribution < -0.4 is 0 Å². The number of hydrogen-bond donors (Lipinski definition) is 0. The van der Waals surface area contributed by atoms with Crippen molar-refractivity contribution < 1.29 is 0 Å². The first-order chi connectivity index (χ1) is 5.81. The molecule has 2 nitrogen and oxygen atoms in total. The molecule has 0 bridgehead atoms. The molecule has 1 heterocycles. The first-order valence-corrected chi connectivity index (χ1v) is 4.19. The van der Waals surface area contributed by atoms with E-state index in [1.165, 1.54) is 0 Å². The number of aryl methyl sites for hydroxylation is 2. The van der Waals surface area contributed by atoms with E-state index in [2.05, 4.69) is 24.9 Å². The largest absolute Gasteiger partial charge is 0.260 e. The van der Waals surface area contributed by atoms with E-state index in [0.29, 0.717) is 5.56 Å². The van der Waals surface area contributed by atoms with Crippen LogP contribution in [0.5, 0.6) is 0 Å². The van der Waals surface area contributed by atoms with Crippen LogP contribution >= 0.6 is 0 Å². The van der Waals surface area contributed by atoms with Crippen molar-refractivity contribution in [1.82, 2.24) is 4.98 Å². The van der Waals surface area contributed by atoms with Crippen LogP contribution in [0.25, 0.3) is 0 Å². The number of nitriles is 1. The molecule has 0 N–H and O–H groups in total. The van der Waals surface area contributed by atoms with Crippen molar-refractivity contribution in [3.63, 3.8) is 0 Å². The van der Waals surface area contributed by atoms with Crippen LogP contribution in [-0.2, 0) is 12.8 Å². The Labute approximate surface area is 72.9 Å². The molecule has 0 radical (unpaired) electrons. The third-order valence-electron chi connectivity index (χ3n) is 1.91. The molecule has 1 aromatic heterocycles. The Morgan fingerprint density at radius 3 is 2.67 bits per heavy atom. The number of pyridine rings is 1. The first-order valence-electron chi connectivity index (χ1n) is 4.19. The SMILES string of the molecule is CCc1cc(CC)c(C#N)cn1. The van der Waals surface area contributed by atoms with E-state index in [9.17, 15) is 0 Å². The van der Waals surface area contributed by atoms with Crippen molar-refractivity contribution in [2.75, 3.05) is 0 Å². The van der Waals surface area contributed by atoms with E-state index in [0.717, 1.165) is 24.1 Å². The van der Waals surface area contributed by atoms with Crippen LogP contribution in [0.4, 0.5) is 0 Å². The zero-order valence-electron chi connectivity index (χ0n) is 7.46. The fraction of sp³-hybridized carbons (Fsp3) is 0.400. The quantitative estimate of drug-likeness (QED) is 0.664. The molecule has 0 unspecified atom stereocenters. The summed E-state index contributed by atoms with van der Waals surface area (Å²) in [6.07, 6.45) is 3.49. The van der Waals surface area contributed by atoms with Gasteiger partial charge in [-0.15, -0.1) is 0 Å². The van der Waals surface area contributed by atoms with Gasteiger partial charge in [0, 0.05) is 11.9 Å². The molecule has 12 heavy (non-hydrogen) atoms. The van der Waals surface area contributed by atoms with E-state index in [1.54, 1.807) is 6.20 Å². The molecule has 62 valence electrons. The van der Waals surface area contributed by atoms with Crippen molar-refractivity contribution in [3.05, 3.63) is 29.1 Å². The molecule has 0 aliphatic carbocycles. The van der Waals surface area contributed by atoms with Crippen LogP contribution in [0.15, 0.2) is 12.3 Å². The first kappa shape index (κ1) is 8.73. The number of aromatic nitrogens is 1. The molecule has 0 aromatic carbocycles. The van der Waals surface area contributed by atoms with Gasteiger partial charge in [0.1, 0.15) is 6.07 Å². The summed E-state index contributed by atoms with van der Waals surface area (Å²) in [5.41, 5.74) is 2.87. The van der Waals surface area contributed by atoms with Crippen molar-refractivity contribution >= 4 is 0 Å². The van der Waals surface area contributed by atoms with Gasteiger partial charge in [0.2, 0.25) is 0 Å². The molecule has 0 fully saturated rings. The van der Waals surface area contributed by atoms with Gasteiger partial charge in [0.15, 0.2) is 0 Å². The maximum absolute atomic E-state index is 8.72. The maximum Gasteiger partial charge on any atom is 0.101 e. The Kier molecular flexibility index (Phi) is 2.82. The van der Waals surface area contributed by atoms with Gasteiger partial charge in [-0.2, -0.15) is 5.26 Å². The Hall–Kier alpha value is -1.36. The molecule has 0 saturated heterocycles. The summed E-state index contributed by atoms with van der Waals surface area (Å²) in [6.45, 7) is 4.11. The van der Waals surface area contributed by atoms with E-state index in [-0.39, 0.29) is 0 Å². The van der Waals surface area contributed by atoms with Crippen LogP contribution in [0.3, 0.4) is 0 Å². The van der Waals surface area contributed by atoms with Gasteiger partial charge < -0.3 is 0 Å². The van der Waals surface area contributed by atoms with Gasteiger partial charge in [0.05, 0.1) is 5.56 Å². The number of rotatable bonds is 2.